The van der Waals surface area contributed by atoms with Gasteiger partial charge in [-0.1, -0.05) is 80.9 Å². The Hall–Kier alpha value is -3.62. The summed E-state index contributed by atoms with van der Waals surface area (Å²) in [5.74, 6) is -1.28. The van der Waals surface area contributed by atoms with Crippen LogP contribution in [0, 0.1) is 13.8 Å². The highest BCUT2D eigenvalue weighted by atomic mass is 17.0. The number of rotatable bonds is 14. The van der Waals surface area contributed by atoms with Crippen LogP contribution < -0.4 is 0 Å². The molecule has 0 unspecified atom stereocenters. The first-order chi connectivity index (χ1) is 20.1. The molecule has 43 heavy (non-hydrogen) atoms. The fraction of sp³-hybridized carbons (Fsp3) is 0.486. The number of aliphatic imine (C=N–C) groups is 2. The van der Waals surface area contributed by atoms with Gasteiger partial charge >= 0.3 is 0 Å². The number of carbonyl (C=O) groups excluding carboxylic acids is 2. The number of ketones is 2. The minimum atomic E-state index is -0.833. The van der Waals surface area contributed by atoms with Crippen molar-refractivity contribution in [3.8, 4) is 0 Å². The van der Waals surface area contributed by atoms with Crippen molar-refractivity contribution in [3.05, 3.63) is 83.3 Å². The van der Waals surface area contributed by atoms with Crippen molar-refractivity contribution in [1.82, 2.24) is 0 Å². The van der Waals surface area contributed by atoms with Gasteiger partial charge in [-0.3, -0.25) is 30.1 Å². The van der Waals surface area contributed by atoms with Gasteiger partial charge < -0.3 is 10.2 Å². The lowest BCUT2D eigenvalue weighted by atomic mass is 10.0. The molecule has 0 aromatic heterocycles. The highest BCUT2D eigenvalue weighted by molar-refractivity contribution is 6.42. The third-order valence-corrected chi connectivity index (χ3v) is 6.33. The highest BCUT2D eigenvalue weighted by Crippen LogP contribution is 2.10. The van der Waals surface area contributed by atoms with E-state index in [4.69, 9.17) is 20.7 Å². The van der Waals surface area contributed by atoms with E-state index in [-0.39, 0.29) is 19.0 Å². The van der Waals surface area contributed by atoms with Gasteiger partial charge in [-0.2, -0.15) is 0 Å². The van der Waals surface area contributed by atoms with Crippen molar-refractivity contribution in [1.29, 1.82) is 0 Å². The zero-order chi connectivity index (χ0) is 32.3. The first-order valence-corrected chi connectivity index (χ1v) is 14.4. The molecule has 2 aromatic rings. The van der Waals surface area contributed by atoms with E-state index in [1.807, 2.05) is 14.1 Å². The lowest BCUT2D eigenvalue weighted by Crippen LogP contribution is -2.13. The molecule has 0 bridgehead atoms. The maximum atomic E-state index is 11.3. The van der Waals surface area contributed by atoms with Crippen LogP contribution in [0.1, 0.15) is 94.9 Å². The molecule has 0 amide bonds. The smallest absolute Gasteiger partial charge is 0.266 e. The molecule has 0 fully saturated rings. The summed E-state index contributed by atoms with van der Waals surface area (Å²) in [6.07, 6.45) is 9.04. The number of aryl methyl sites for hydroxylation is 4. The van der Waals surface area contributed by atoms with Crippen molar-refractivity contribution in [2.75, 3.05) is 14.1 Å². The van der Waals surface area contributed by atoms with Gasteiger partial charge in [0.25, 0.3) is 5.95 Å². The lowest BCUT2D eigenvalue weighted by Gasteiger charge is -2.07. The maximum Gasteiger partial charge on any atom is 0.266 e. The van der Waals surface area contributed by atoms with Crippen molar-refractivity contribution in [3.63, 3.8) is 0 Å². The van der Waals surface area contributed by atoms with Crippen molar-refractivity contribution in [2.45, 2.75) is 99.3 Å². The number of carbonyl (C=O) groups is 2. The predicted octanol–water partition coefficient (Wildman–Crippen LogP) is 8.74. The number of aliphatic hydroxyl groups excluding tert-OH is 1. The van der Waals surface area contributed by atoms with Crippen LogP contribution >= 0.6 is 0 Å². The minimum Gasteiger partial charge on any atom is -0.482 e. The second kappa shape index (κ2) is 28.5. The molecular weight excluding hydrogens is 544 g/mol. The maximum absolute atomic E-state index is 11.3. The Morgan fingerprint density at radius 2 is 1.02 bits per heavy atom. The van der Waals surface area contributed by atoms with E-state index >= 15 is 0 Å². The molecule has 242 valence electrons. The highest BCUT2D eigenvalue weighted by Gasteiger charge is 2.10. The summed E-state index contributed by atoms with van der Waals surface area (Å²) in [6, 6.07) is 17.3. The van der Waals surface area contributed by atoms with E-state index in [0.29, 0.717) is 12.8 Å². The molecular formula is C35H56N2O6. The summed E-state index contributed by atoms with van der Waals surface area (Å²) in [4.78, 5) is 31.0. The summed E-state index contributed by atoms with van der Waals surface area (Å²) in [6.45, 7) is 10.7. The number of hydrogen-bond acceptors (Lipinski definition) is 8. The molecule has 8 nitrogen and oxygen atoms in total. The summed E-state index contributed by atoms with van der Waals surface area (Å²) < 4.78 is 0. The third kappa shape index (κ3) is 23.6. The number of unbranched alkanes of at least 4 members (excludes halogenated alkanes) is 2. The Kier molecular flexibility index (Phi) is 29.0. The van der Waals surface area contributed by atoms with Gasteiger partial charge in [0.2, 0.25) is 0 Å². The van der Waals surface area contributed by atoms with Crippen LogP contribution in [0.15, 0.2) is 71.0 Å². The molecule has 0 radical (unpaired) electrons. The number of aliphatic hydroxyl groups is 2. The summed E-state index contributed by atoms with van der Waals surface area (Å²) >= 11 is 0. The quantitative estimate of drug-likeness (QED) is 0.0427. The molecule has 0 aliphatic heterocycles. The SMILES string of the molecule is C.C=C(O)O.CCC(=NC)C(CCCCc1ccc(C)cc1)=NC.CCC(=O)C(=O)CCCCc1ccc(C)cc1.OO. The van der Waals surface area contributed by atoms with E-state index in [1.54, 1.807) is 6.92 Å². The molecule has 0 spiro atoms. The molecule has 0 aliphatic carbocycles. The van der Waals surface area contributed by atoms with Crippen LogP contribution in [0.5, 0.6) is 0 Å². The summed E-state index contributed by atoms with van der Waals surface area (Å²) in [5, 5.41) is 26.8. The molecule has 2 rings (SSSR count). The second-order valence-corrected chi connectivity index (χ2v) is 9.70. The van der Waals surface area contributed by atoms with E-state index in [0.717, 1.165) is 44.2 Å². The standard InChI is InChI=1S/C17H26N2.C15H20O2.C2H4O2.CH4.H2O2/c1-5-16(18-3)17(19-4)9-7-6-8-15-12-10-14(2)11-13-15;1-3-14(16)15(17)7-5-4-6-13-10-8-12(2)9-11-13;1-2(3)4;;1-2/h10-13H,5-9H2,1-4H3;8-11H,3-7H2,1-2H3;3-4H,1H2;1H4;1-2H. The lowest BCUT2D eigenvalue weighted by molar-refractivity contribution is -0.176. The van der Waals surface area contributed by atoms with Crippen molar-refractivity contribution < 1.29 is 30.3 Å². The largest absolute Gasteiger partial charge is 0.482 e. The Labute approximate surface area is 259 Å². The second-order valence-electron chi connectivity index (χ2n) is 9.70. The van der Waals surface area contributed by atoms with Crippen LogP contribution in [0.25, 0.3) is 0 Å². The predicted molar refractivity (Wildman–Crippen MR) is 181 cm³/mol. The topological polar surface area (TPSA) is 140 Å². The molecule has 0 saturated carbocycles. The molecule has 0 aliphatic rings. The van der Waals surface area contributed by atoms with Crippen LogP contribution in [0.3, 0.4) is 0 Å². The van der Waals surface area contributed by atoms with Crippen LogP contribution in [-0.4, -0.2) is 57.8 Å². The monoisotopic (exact) mass is 600 g/mol. The number of hydrogen-bond donors (Lipinski definition) is 4. The Morgan fingerprint density at radius 3 is 1.35 bits per heavy atom. The van der Waals surface area contributed by atoms with Crippen molar-refractivity contribution in [2.24, 2.45) is 9.98 Å². The average molecular weight is 601 g/mol. The van der Waals surface area contributed by atoms with Gasteiger partial charge in [0, 0.05) is 26.9 Å². The zero-order valence-corrected chi connectivity index (χ0v) is 26.4. The van der Waals surface area contributed by atoms with Crippen LogP contribution in [-0.2, 0) is 22.4 Å². The first kappa shape index (κ1) is 43.8. The van der Waals surface area contributed by atoms with Gasteiger partial charge in [0.05, 0.1) is 11.4 Å². The number of Topliss-reactive ketones (excluding diaryl/α,β-unsaturated/α-hetero) is 2. The summed E-state index contributed by atoms with van der Waals surface area (Å²) in [5.41, 5.74) is 7.64. The van der Waals surface area contributed by atoms with Gasteiger partial charge in [0.1, 0.15) is 0 Å². The van der Waals surface area contributed by atoms with E-state index < -0.39 is 5.95 Å². The van der Waals surface area contributed by atoms with Crippen molar-refractivity contribution >= 4 is 23.0 Å². The molecule has 4 N–H and O–H groups in total. The Bertz CT molecular complexity index is 1070. The average Bonchev–Trinajstić information content (AvgIpc) is 2.99. The van der Waals surface area contributed by atoms with Gasteiger partial charge in [0.15, 0.2) is 11.6 Å². The van der Waals surface area contributed by atoms with Gasteiger partial charge in [-0.25, -0.2) is 0 Å². The van der Waals surface area contributed by atoms with Gasteiger partial charge in [-0.05, 0) is 82.9 Å². The molecule has 0 atom stereocenters. The Balaban J connectivity index is -0.000000619. The fourth-order valence-corrected chi connectivity index (χ4v) is 3.96. The van der Waals surface area contributed by atoms with Crippen LogP contribution in [0.2, 0.25) is 0 Å². The third-order valence-electron chi connectivity index (χ3n) is 6.33. The molecule has 0 heterocycles. The first-order valence-electron chi connectivity index (χ1n) is 14.4. The zero-order valence-electron chi connectivity index (χ0n) is 26.4. The minimum absolute atomic E-state index is 0. The summed E-state index contributed by atoms with van der Waals surface area (Å²) in [7, 11) is 3.73. The Morgan fingerprint density at radius 1 is 0.651 bits per heavy atom. The molecule has 8 heteroatoms. The number of benzene rings is 2. The van der Waals surface area contributed by atoms with E-state index in [9.17, 15) is 9.59 Å². The van der Waals surface area contributed by atoms with Gasteiger partial charge in [-0.15, -0.1) is 0 Å². The van der Waals surface area contributed by atoms with Crippen LogP contribution in [0.4, 0.5) is 0 Å². The van der Waals surface area contributed by atoms with E-state index in [1.165, 1.54) is 40.8 Å². The molecule has 0 saturated heterocycles. The normalized spacial score (nSPS) is 10.4. The van der Waals surface area contributed by atoms with E-state index in [2.05, 4.69) is 85.9 Å². The number of nitrogens with zero attached hydrogens (tertiary/aromatic N) is 2. The fourth-order valence-electron chi connectivity index (χ4n) is 3.96. The molecule has 2 aromatic carbocycles.